The normalized spacial score (nSPS) is 14.3. The number of carbonyl (C=O) groups is 2. The van der Waals surface area contributed by atoms with E-state index in [9.17, 15) is 23.5 Å². The maximum absolute atomic E-state index is 14.4. The molecule has 0 spiro atoms. The minimum absolute atomic E-state index is 0.130. The fourth-order valence-electron chi connectivity index (χ4n) is 4.05. The van der Waals surface area contributed by atoms with Crippen molar-refractivity contribution in [2.75, 3.05) is 6.54 Å². The Morgan fingerprint density at radius 2 is 1.76 bits per heavy atom. The van der Waals surface area contributed by atoms with Crippen LogP contribution in [0, 0.1) is 11.6 Å². The van der Waals surface area contributed by atoms with E-state index < -0.39 is 23.1 Å². The van der Waals surface area contributed by atoms with E-state index in [2.05, 4.69) is 20.6 Å². The lowest BCUT2D eigenvalue weighted by Crippen LogP contribution is -2.44. The van der Waals surface area contributed by atoms with E-state index in [1.165, 1.54) is 6.07 Å². The largest absolute Gasteiger partial charge is 0.375 e. The average molecular weight is 466 g/mol. The number of halogens is 2. The van der Waals surface area contributed by atoms with Crippen molar-refractivity contribution in [1.82, 2.24) is 20.6 Å². The molecule has 0 fully saturated rings. The molecule has 0 saturated heterocycles. The van der Waals surface area contributed by atoms with Crippen molar-refractivity contribution in [1.29, 1.82) is 0 Å². The van der Waals surface area contributed by atoms with Gasteiger partial charge < -0.3 is 15.7 Å². The Labute approximate surface area is 195 Å². The molecule has 2 amide bonds. The summed E-state index contributed by atoms with van der Waals surface area (Å²) in [5.41, 5.74) is 0.150. The summed E-state index contributed by atoms with van der Waals surface area (Å²) in [4.78, 5) is 33.4. The van der Waals surface area contributed by atoms with E-state index in [0.29, 0.717) is 23.5 Å². The first-order valence-corrected chi connectivity index (χ1v) is 11.0. The number of likely N-dealkylation sites (N-methyl/N-ethyl adjacent to an activating group) is 1. The maximum Gasteiger partial charge on any atom is 0.256 e. The van der Waals surface area contributed by atoms with Gasteiger partial charge in [-0.05, 0) is 36.6 Å². The number of nitrogens with one attached hydrogen (secondary N) is 2. The fraction of sp³-hybridized carbons (Fsp3) is 0.280. The number of rotatable bonds is 7. The Bertz CT molecular complexity index is 1240. The van der Waals surface area contributed by atoms with Gasteiger partial charge in [-0.2, -0.15) is 0 Å². The van der Waals surface area contributed by atoms with Gasteiger partial charge in [-0.1, -0.05) is 37.3 Å². The molecule has 7 nitrogen and oxygen atoms in total. The SMILES string of the molecule is CCNC(=O)C(O)(CC)c1ccc(Cc2nc(-c3c(F)cccc3F)nc3c2C(=O)NC3)cc1. The van der Waals surface area contributed by atoms with Crippen LogP contribution < -0.4 is 10.6 Å². The summed E-state index contributed by atoms with van der Waals surface area (Å²) in [6.07, 6.45) is 0.378. The summed E-state index contributed by atoms with van der Waals surface area (Å²) < 4.78 is 28.7. The second-order valence-electron chi connectivity index (χ2n) is 8.04. The van der Waals surface area contributed by atoms with Crippen molar-refractivity contribution < 1.29 is 23.5 Å². The van der Waals surface area contributed by atoms with Crippen LogP contribution in [0.2, 0.25) is 0 Å². The van der Waals surface area contributed by atoms with E-state index in [1.54, 1.807) is 38.1 Å². The van der Waals surface area contributed by atoms with E-state index in [-0.39, 0.29) is 42.2 Å². The summed E-state index contributed by atoms with van der Waals surface area (Å²) in [6.45, 7) is 4.02. The molecule has 1 aliphatic heterocycles. The molecule has 0 aliphatic carbocycles. The molecule has 2 aromatic carbocycles. The second kappa shape index (κ2) is 9.26. The van der Waals surface area contributed by atoms with Gasteiger partial charge in [0.05, 0.1) is 29.1 Å². The average Bonchev–Trinajstić information content (AvgIpc) is 3.20. The van der Waals surface area contributed by atoms with Gasteiger partial charge >= 0.3 is 0 Å². The quantitative estimate of drug-likeness (QED) is 0.497. The van der Waals surface area contributed by atoms with Crippen molar-refractivity contribution in [2.24, 2.45) is 0 Å². The van der Waals surface area contributed by atoms with Gasteiger partial charge in [0.15, 0.2) is 11.4 Å². The Hall–Kier alpha value is -3.72. The highest BCUT2D eigenvalue weighted by atomic mass is 19.1. The monoisotopic (exact) mass is 466 g/mol. The van der Waals surface area contributed by atoms with Crippen LogP contribution in [0.25, 0.3) is 11.4 Å². The first-order valence-electron chi connectivity index (χ1n) is 11.0. The first-order chi connectivity index (χ1) is 16.3. The number of aromatic nitrogens is 2. The molecule has 0 bridgehead atoms. The number of benzene rings is 2. The third-order valence-electron chi connectivity index (χ3n) is 5.92. The third kappa shape index (κ3) is 4.14. The van der Waals surface area contributed by atoms with Crippen LogP contribution in [-0.4, -0.2) is 33.4 Å². The molecule has 34 heavy (non-hydrogen) atoms. The summed E-state index contributed by atoms with van der Waals surface area (Å²) >= 11 is 0. The highest BCUT2D eigenvalue weighted by molar-refractivity contribution is 5.99. The van der Waals surface area contributed by atoms with Crippen LogP contribution in [0.5, 0.6) is 0 Å². The molecule has 9 heteroatoms. The zero-order valence-electron chi connectivity index (χ0n) is 18.8. The number of amides is 2. The van der Waals surface area contributed by atoms with Gasteiger partial charge in [-0.25, -0.2) is 18.7 Å². The Kier molecular flexibility index (Phi) is 6.39. The molecule has 1 aromatic heterocycles. The van der Waals surface area contributed by atoms with Gasteiger partial charge in [0.25, 0.3) is 11.8 Å². The molecule has 2 heterocycles. The molecule has 3 aromatic rings. The number of hydrogen-bond acceptors (Lipinski definition) is 5. The van der Waals surface area contributed by atoms with Crippen LogP contribution in [0.1, 0.15) is 53.1 Å². The van der Waals surface area contributed by atoms with Crippen LogP contribution in [0.15, 0.2) is 42.5 Å². The van der Waals surface area contributed by atoms with E-state index in [1.807, 2.05) is 0 Å². The third-order valence-corrected chi connectivity index (χ3v) is 5.92. The maximum atomic E-state index is 14.4. The summed E-state index contributed by atoms with van der Waals surface area (Å²) in [6, 6.07) is 10.2. The van der Waals surface area contributed by atoms with Crippen LogP contribution in [0.3, 0.4) is 0 Å². The lowest BCUT2D eigenvalue weighted by atomic mass is 9.89. The minimum Gasteiger partial charge on any atom is -0.375 e. The molecule has 0 radical (unpaired) electrons. The number of carbonyl (C=O) groups excluding carboxylic acids is 2. The second-order valence-corrected chi connectivity index (χ2v) is 8.04. The zero-order chi connectivity index (χ0) is 24.5. The van der Waals surface area contributed by atoms with Crippen molar-refractivity contribution in [2.45, 2.75) is 38.8 Å². The summed E-state index contributed by atoms with van der Waals surface area (Å²) in [7, 11) is 0. The van der Waals surface area contributed by atoms with Crippen LogP contribution in [-0.2, 0) is 23.4 Å². The topological polar surface area (TPSA) is 104 Å². The van der Waals surface area contributed by atoms with Crippen molar-refractivity contribution in [3.05, 3.63) is 82.2 Å². The van der Waals surface area contributed by atoms with E-state index in [0.717, 1.165) is 17.7 Å². The van der Waals surface area contributed by atoms with Crippen LogP contribution >= 0.6 is 0 Å². The lowest BCUT2D eigenvalue weighted by Gasteiger charge is -2.26. The van der Waals surface area contributed by atoms with Gasteiger partial charge in [-0.15, -0.1) is 0 Å². The van der Waals surface area contributed by atoms with E-state index >= 15 is 0 Å². The van der Waals surface area contributed by atoms with Gasteiger partial charge in [0, 0.05) is 13.0 Å². The minimum atomic E-state index is -1.67. The molecule has 4 rings (SSSR count). The lowest BCUT2D eigenvalue weighted by molar-refractivity contribution is -0.141. The van der Waals surface area contributed by atoms with Crippen molar-refractivity contribution >= 4 is 11.8 Å². The van der Waals surface area contributed by atoms with Crippen LogP contribution in [0.4, 0.5) is 8.78 Å². The number of aliphatic hydroxyl groups is 1. The number of hydrogen-bond donors (Lipinski definition) is 3. The predicted molar refractivity (Wildman–Crippen MR) is 121 cm³/mol. The molecule has 176 valence electrons. The van der Waals surface area contributed by atoms with Gasteiger partial charge in [0.2, 0.25) is 0 Å². The Morgan fingerprint density at radius 3 is 2.38 bits per heavy atom. The predicted octanol–water partition coefficient (Wildman–Crippen LogP) is 2.99. The fourth-order valence-corrected chi connectivity index (χ4v) is 4.05. The Morgan fingerprint density at radius 1 is 1.09 bits per heavy atom. The molecule has 1 aliphatic rings. The molecule has 3 N–H and O–H groups in total. The van der Waals surface area contributed by atoms with Crippen molar-refractivity contribution in [3.63, 3.8) is 0 Å². The summed E-state index contributed by atoms with van der Waals surface area (Å²) in [5, 5.41) is 16.2. The molecular formula is C25H24F2N4O3. The highest BCUT2D eigenvalue weighted by Crippen LogP contribution is 2.29. The smallest absolute Gasteiger partial charge is 0.256 e. The number of nitrogens with zero attached hydrogens (tertiary/aromatic N) is 2. The van der Waals surface area contributed by atoms with Gasteiger partial charge in [0.1, 0.15) is 11.6 Å². The van der Waals surface area contributed by atoms with Crippen molar-refractivity contribution in [3.8, 4) is 11.4 Å². The van der Waals surface area contributed by atoms with Gasteiger partial charge in [-0.3, -0.25) is 9.59 Å². The first kappa shape index (κ1) is 23.4. The summed E-state index contributed by atoms with van der Waals surface area (Å²) in [5.74, 6) is -2.55. The highest BCUT2D eigenvalue weighted by Gasteiger charge is 2.35. The number of fused-ring (bicyclic) bond motifs is 1. The molecule has 1 unspecified atom stereocenters. The standard InChI is InChI=1S/C25H24F2N4O3/c1-3-25(34,24(33)28-4-2)15-10-8-14(9-11-15)12-18-21-19(13-29-23(21)32)31-22(30-18)20-16(26)6-5-7-17(20)27/h5-11,34H,3-4,12-13H2,1-2H3,(H,28,33)(H,29,32). The molecule has 0 saturated carbocycles. The molecule has 1 atom stereocenters. The molecular weight excluding hydrogens is 442 g/mol. The zero-order valence-corrected chi connectivity index (χ0v) is 18.8. The van der Waals surface area contributed by atoms with E-state index in [4.69, 9.17) is 0 Å². The Balaban J connectivity index is 1.71.